The summed E-state index contributed by atoms with van der Waals surface area (Å²) >= 11 is 0. The highest BCUT2D eigenvalue weighted by atomic mass is 15.1. The van der Waals surface area contributed by atoms with Crippen molar-refractivity contribution < 1.29 is 11.0 Å². The third-order valence-electron chi connectivity index (χ3n) is 10.2. The summed E-state index contributed by atoms with van der Waals surface area (Å²) in [6.07, 6.45) is 0. The van der Waals surface area contributed by atoms with E-state index in [-0.39, 0.29) is 58.8 Å². The fourth-order valence-electron chi connectivity index (χ4n) is 7.41. The molecule has 0 aromatic heterocycles. The first-order chi connectivity index (χ1) is 30.6. The predicted molar refractivity (Wildman–Crippen MR) is 235 cm³/mol. The van der Waals surface area contributed by atoms with Gasteiger partial charge < -0.3 is 4.90 Å². The van der Waals surface area contributed by atoms with Gasteiger partial charge in [0, 0.05) is 17.1 Å². The first-order valence-corrected chi connectivity index (χ1v) is 18.3. The number of nitrogens with zero attached hydrogens (tertiary/aromatic N) is 1. The fourth-order valence-corrected chi connectivity index (χ4v) is 7.41. The molecular weight excluding hydrogens is 663 g/mol. The second kappa shape index (κ2) is 14.0. The van der Waals surface area contributed by atoms with Gasteiger partial charge in [0.25, 0.3) is 0 Å². The van der Waals surface area contributed by atoms with Gasteiger partial charge in [-0.1, -0.05) is 176 Å². The summed E-state index contributed by atoms with van der Waals surface area (Å²) in [6.45, 7) is 0. The van der Waals surface area contributed by atoms with Crippen LogP contribution in [0.5, 0.6) is 0 Å². The Bertz CT molecular complexity index is 3390. The van der Waals surface area contributed by atoms with Gasteiger partial charge in [-0.3, -0.25) is 0 Å². The Morgan fingerprint density at radius 3 is 1.60 bits per heavy atom. The SMILES string of the molecule is [2H]c1c([2H])c(-c2ccc3ccccc3c2)c([2H])c(N(c2ccc(-c3ccc(-c4ccccc4)cc3)cc2)c2c([2H])c([2H])c(-c3cc4ccccc4c4ccccc34)c([2H])c2[2H])c1[2H]. The molecule has 258 valence electrons. The van der Waals surface area contributed by atoms with Crippen molar-refractivity contribution in [2.24, 2.45) is 0 Å². The number of hydrogen-bond acceptors (Lipinski definition) is 1. The lowest BCUT2D eigenvalue weighted by Gasteiger charge is -2.26. The molecule has 10 rings (SSSR count). The van der Waals surface area contributed by atoms with Gasteiger partial charge in [0.2, 0.25) is 0 Å². The lowest BCUT2D eigenvalue weighted by atomic mass is 9.93. The van der Waals surface area contributed by atoms with Crippen LogP contribution in [0.1, 0.15) is 11.0 Å². The summed E-state index contributed by atoms with van der Waals surface area (Å²) in [7, 11) is 0. The van der Waals surface area contributed by atoms with Gasteiger partial charge in [0.05, 0.1) is 11.0 Å². The highest BCUT2D eigenvalue weighted by Crippen LogP contribution is 2.40. The van der Waals surface area contributed by atoms with E-state index in [4.69, 9.17) is 2.74 Å². The Labute approximate surface area is 333 Å². The monoisotopic (exact) mass is 707 g/mol. The van der Waals surface area contributed by atoms with Crippen molar-refractivity contribution in [3.8, 4) is 44.5 Å². The number of anilines is 3. The molecule has 1 heteroatoms. The van der Waals surface area contributed by atoms with Crippen molar-refractivity contribution in [2.45, 2.75) is 0 Å². The van der Waals surface area contributed by atoms with E-state index >= 15 is 0 Å². The van der Waals surface area contributed by atoms with Crippen molar-refractivity contribution in [1.29, 1.82) is 0 Å². The van der Waals surface area contributed by atoms with E-state index in [1.54, 1.807) is 18.2 Å². The second-order valence-electron chi connectivity index (χ2n) is 13.5. The lowest BCUT2D eigenvalue weighted by molar-refractivity contribution is 1.28. The van der Waals surface area contributed by atoms with Crippen LogP contribution in [0, 0.1) is 0 Å². The molecule has 0 heterocycles. The molecule has 0 fully saturated rings. The maximum Gasteiger partial charge on any atom is 0.0651 e. The van der Waals surface area contributed by atoms with E-state index in [1.165, 1.54) is 4.90 Å². The molecule has 0 amide bonds. The van der Waals surface area contributed by atoms with E-state index in [0.29, 0.717) is 16.8 Å². The second-order valence-corrected chi connectivity index (χ2v) is 13.5. The van der Waals surface area contributed by atoms with Crippen LogP contribution in [0.3, 0.4) is 0 Å². The molecule has 0 saturated heterocycles. The summed E-state index contributed by atoms with van der Waals surface area (Å²) < 4.78 is 75.9. The minimum atomic E-state index is -0.448. The van der Waals surface area contributed by atoms with E-state index in [9.17, 15) is 8.22 Å². The van der Waals surface area contributed by atoms with Crippen LogP contribution in [-0.4, -0.2) is 0 Å². The van der Waals surface area contributed by atoms with Crippen LogP contribution in [0.15, 0.2) is 224 Å². The van der Waals surface area contributed by atoms with E-state index in [0.717, 1.165) is 54.6 Å². The van der Waals surface area contributed by atoms with Crippen molar-refractivity contribution in [1.82, 2.24) is 0 Å². The molecule has 0 atom stereocenters. The Morgan fingerprint density at radius 2 is 0.873 bits per heavy atom. The Balaban J connectivity index is 1.20. The normalized spacial score (nSPS) is 13.3. The third-order valence-corrected chi connectivity index (χ3v) is 10.2. The van der Waals surface area contributed by atoms with Crippen LogP contribution in [-0.2, 0) is 0 Å². The molecular formula is C54H37N. The Hall–Kier alpha value is -7.22. The third kappa shape index (κ3) is 6.22. The molecule has 0 radical (unpaired) electrons. The molecule has 10 aromatic carbocycles. The zero-order chi connectivity index (χ0) is 43.5. The molecule has 0 saturated carbocycles. The van der Waals surface area contributed by atoms with E-state index < -0.39 is 12.1 Å². The molecule has 0 aliphatic rings. The van der Waals surface area contributed by atoms with E-state index in [2.05, 4.69) is 24.3 Å². The first kappa shape index (κ1) is 24.9. The Morgan fingerprint density at radius 1 is 0.309 bits per heavy atom. The lowest BCUT2D eigenvalue weighted by Crippen LogP contribution is -2.10. The molecule has 10 aromatic rings. The minimum Gasteiger partial charge on any atom is -0.310 e. The number of rotatable bonds is 7. The summed E-state index contributed by atoms with van der Waals surface area (Å²) in [5, 5.41) is 5.42. The fraction of sp³-hybridized carbons (Fsp3) is 0. The maximum absolute atomic E-state index is 9.78. The molecule has 0 unspecified atom stereocenters. The molecule has 1 nitrogen and oxygen atoms in total. The van der Waals surface area contributed by atoms with Gasteiger partial charge in [-0.2, -0.15) is 0 Å². The summed E-state index contributed by atoms with van der Waals surface area (Å²) in [6, 6.07) is 53.6. The number of hydrogen-bond donors (Lipinski definition) is 0. The maximum atomic E-state index is 9.78. The predicted octanol–water partition coefficient (Wildman–Crippen LogP) is 15.3. The smallest absolute Gasteiger partial charge is 0.0651 e. The van der Waals surface area contributed by atoms with Crippen LogP contribution in [0.2, 0.25) is 0 Å². The van der Waals surface area contributed by atoms with Gasteiger partial charge in [-0.25, -0.2) is 0 Å². The van der Waals surface area contributed by atoms with Crippen LogP contribution < -0.4 is 4.90 Å². The first-order valence-electron chi connectivity index (χ1n) is 22.3. The van der Waals surface area contributed by atoms with Crippen molar-refractivity contribution in [2.75, 3.05) is 4.90 Å². The van der Waals surface area contributed by atoms with Gasteiger partial charge in [0.1, 0.15) is 0 Å². The standard InChI is InChI=1S/C54H37N/c1-2-11-38(12-3-1)40-21-23-41(24-22-40)42-27-31-48(32-28-42)55(50-17-10-16-45(36-50)46-26-25-39-13-4-5-14-44(39)35-46)49-33-29-43(30-34-49)54-37-47-15-6-7-18-51(47)52-19-8-9-20-53(52)54/h1-37H/i10D,16D,17D,29D,30D,33D,34D,36D. The number of fused-ring (bicyclic) bond motifs is 4. The van der Waals surface area contributed by atoms with E-state index in [1.807, 2.05) is 133 Å². The Kier molecular flexibility index (Phi) is 6.33. The van der Waals surface area contributed by atoms with Crippen LogP contribution >= 0.6 is 0 Å². The molecule has 0 spiro atoms. The summed E-state index contributed by atoms with van der Waals surface area (Å²) in [5.74, 6) is 0. The highest BCUT2D eigenvalue weighted by molar-refractivity contribution is 6.13. The largest absolute Gasteiger partial charge is 0.310 e. The summed E-state index contributed by atoms with van der Waals surface area (Å²) in [4.78, 5) is 1.40. The van der Waals surface area contributed by atoms with Gasteiger partial charge >= 0.3 is 0 Å². The quantitative estimate of drug-likeness (QED) is 0.149. The summed E-state index contributed by atoms with van der Waals surface area (Å²) in [5.41, 5.74) is 5.32. The van der Waals surface area contributed by atoms with Crippen LogP contribution in [0.4, 0.5) is 17.1 Å². The molecule has 0 aliphatic heterocycles. The van der Waals surface area contributed by atoms with Crippen molar-refractivity contribution >= 4 is 49.4 Å². The highest BCUT2D eigenvalue weighted by Gasteiger charge is 2.16. The van der Waals surface area contributed by atoms with Crippen molar-refractivity contribution in [3.63, 3.8) is 0 Å². The van der Waals surface area contributed by atoms with Crippen LogP contribution in [0.25, 0.3) is 76.8 Å². The zero-order valence-corrected chi connectivity index (χ0v) is 29.7. The topological polar surface area (TPSA) is 3.24 Å². The van der Waals surface area contributed by atoms with Crippen molar-refractivity contribution in [3.05, 3.63) is 224 Å². The number of benzene rings is 10. The van der Waals surface area contributed by atoms with Gasteiger partial charge in [-0.05, 0) is 125 Å². The van der Waals surface area contributed by atoms with Gasteiger partial charge in [0.15, 0.2) is 0 Å². The zero-order valence-electron chi connectivity index (χ0n) is 37.7. The average Bonchev–Trinajstić information content (AvgIpc) is 3.33. The molecule has 55 heavy (non-hydrogen) atoms. The van der Waals surface area contributed by atoms with Gasteiger partial charge in [-0.15, -0.1) is 0 Å². The minimum absolute atomic E-state index is 0.117. The molecule has 0 aliphatic carbocycles. The molecule has 0 bridgehead atoms. The molecule has 0 N–H and O–H groups in total. The average molecular weight is 708 g/mol.